The molecule has 0 spiro atoms. The molecule has 0 aliphatic carbocycles. The predicted molar refractivity (Wildman–Crippen MR) is 72.2 cm³/mol. The Labute approximate surface area is 104 Å². The van der Waals surface area contributed by atoms with Gasteiger partial charge in [-0.15, -0.1) is 0 Å². The van der Waals surface area contributed by atoms with Crippen molar-refractivity contribution in [3.63, 3.8) is 0 Å². The molecule has 1 aromatic heterocycles. The summed E-state index contributed by atoms with van der Waals surface area (Å²) in [5.74, 6) is 0.932. The van der Waals surface area contributed by atoms with Gasteiger partial charge in [-0.1, -0.05) is 25.8 Å². The van der Waals surface area contributed by atoms with Gasteiger partial charge in [0, 0.05) is 24.3 Å². The highest BCUT2D eigenvalue weighted by atomic mass is 16.3. The lowest BCUT2D eigenvalue weighted by Crippen LogP contribution is -2.33. The number of anilines is 1. The fraction of sp³-hybridized carbons (Fsp3) is 0.643. The van der Waals surface area contributed by atoms with Crippen molar-refractivity contribution < 1.29 is 5.11 Å². The largest absolute Gasteiger partial charge is 0.392 e. The Balaban J connectivity index is 2.81. The van der Waals surface area contributed by atoms with Crippen LogP contribution < -0.4 is 4.90 Å². The van der Waals surface area contributed by atoms with Gasteiger partial charge in [-0.25, -0.2) is 4.98 Å². The van der Waals surface area contributed by atoms with Crippen molar-refractivity contribution in [1.29, 1.82) is 0 Å². The standard InChI is InChI=1S/C14H24N2O/c1-4-5-6-10-16(12(2)3)14-13(11-17)8-7-9-15-14/h7-9,12,17H,4-6,10-11H2,1-3H3. The molecule has 0 fully saturated rings. The third kappa shape index (κ3) is 4.00. The van der Waals surface area contributed by atoms with Gasteiger partial charge in [-0.05, 0) is 26.3 Å². The first-order valence-corrected chi connectivity index (χ1v) is 6.52. The number of pyridine rings is 1. The minimum absolute atomic E-state index is 0.0557. The van der Waals surface area contributed by atoms with Crippen LogP contribution in [0.1, 0.15) is 45.6 Å². The molecule has 0 aromatic carbocycles. The van der Waals surface area contributed by atoms with Gasteiger partial charge in [0.2, 0.25) is 0 Å². The Bertz CT molecular complexity index is 326. The van der Waals surface area contributed by atoms with E-state index < -0.39 is 0 Å². The smallest absolute Gasteiger partial charge is 0.134 e. The molecule has 0 aliphatic rings. The van der Waals surface area contributed by atoms with Crippen molar-refractivity contribution in [2.75, 3.05) is 11.4 Å². The van der Waals surface area contributed by atoms with Crippen LogP contribution >= 0.6 is 0 Å². The molecule has 1 rings (SSSR count). The molecule has 3 heteroatoms. The van der Waals surface area contributed by atoms with E-state index in [0.29, 0.717) is 6.04 Å². The summed E-state index contributed by atoms with van der Waals surface area (Å²) in [4.78, 5) is 6.69. The fourth-order valence-electron chi connectivity index (χ4n) is 1.95. The first-order valence-electron chi connectivity index (χ1n) is 6.52. The third-order valence-electron chi connectivity index (χ3n) is 2.94. The van der Waals surface area contributed by atoms with Crippen LogP contribution in [-0.2, 0) is 6.61 Å². The molecule has 1 aromatic rings. The average molecular weight is 236 g/mol. The van der Waals surface area contributed by atoms with Crippen LogP contribution in [-0.4, -0.2) is 22.7 Å². The molecule has 0 amide bonds. The zero-order valence-corrected chi connectivity index (χ0v) is 11.2. The van der Waals surface area contributed by atoms with E-state index in [9.17, 15) is 5.11 Å². The van der Waals surface area contributed by atoms with Crippen LogP contribution in [0.25, 0.3) is 0 Å². The van der Waals surface area contributed by atoms with Crippen LogP contribution in [0.15, 0.2) is 18.3 Å². The molecule has 0 saturated heterocycles. The van der Waals surface area contributed by atoms with Crippen LogP contribution in [0.2, 0.25) is 0 Å². The highest BCUT2D eigenvalue weighted by Gasteiger charge is 2.14. The zero-order valence-electron chi connectivity index (χ0n) is 11.2. The number of hydrogen-bond acceptors (Lipinski definition) is 3. The number of aliphatic hydroxyl groups excluding tert-OH is 1. The normalized spacial score (nSPS) is 10.9. The first-order chi connectivity index (χ1) is 8.20. The van der Waals surface area contributed by atoms with Crippen molar-refractivity contribution in [3.05, 3.63) is 23.9 Å². The lowest BCUT2D eigenvalue weighted by molar-refractivity contribution is 0.281. The van der Waals surface area contributed by atoms with Crippen molar-refractivity contribution in [3.8, 4) is 0 Å². The summed E-state index contributed by atoms with van der Waals surface area (Å²) >= 11 is 0. The fourth-order valence-corrected chi connectivity index (χ4v) is 1.95. The number of unbranched alkanes of at least 4 members (excludes halogenated alkanes) is 2. The van der Waals surface area contributed by atoms with Gasteiger partial charge in [-0.2, -0.15) is 0 Å². The topological polar surface area (TPSA) is 36.4 Å². The number of nitrogens with zero attached hydrogens (tertiary/aromatic N) is 2. The molecular weight excluding hydrogens is 212 g/mol. The zero-order chi connectivity index (χ0) is 12.7. The van der Waals surface area contributed by atoms with Crippen molar-refractivity contribution >= 4 is 5.82 Å². The van der Waals surface area contributed by atoms with E-state index in [2.05, 4.69) is 30.7 Å². The molecule has 0 radical (unpaired) electrons. The van der Waals surface area contributed by atoms with Crippen LogP contribution in [0.4, 0.5) is 5.82 Å². The van der Waals surface area contributed by atoms with E-state index >= 15 is 0 Å². The third-order valence-corrected chi connectivity index (χ3v) is 2.94. The molecule has 0 atom stereocenters. The highest BCUT2D eigenvalue weighted by molar-refractivity contribution is 5.47. The monoisotopic (exact) mass is 236 g/mol. The van der Waals surface area contributed by atoms with E-state index in [0.717, 1.165) is 17.9 Å². The van der Waals surface area contributed by atoms with Gasteiger partial charge in [0.25, 0.3) is 0 Å². The highest BCUT2D eigenvalue weighted by Crippen LogP contribution is 2.20. The summed E-state index contributed by atoms with van der Waals surface area (Å²) in [5, 5.41) is 9.35. The van der Waals surface area contributed by atoms with E-state index in [1.54, 1.807) is 6.20 Å². The summed E-state index contributed by atoms with van der Waals surface area (Å²) < 4.78 is 0. The van der Waals surface area contributed by atoms with E-state index in [1.807, 2.05) is 12.1 Å². The molecule has 1 heterocycles. The number of hydrogen-bond donors (Lipinski definition) is 1. The Kier molecular flexibility index (Phi) is 5.98. The van der Waals surface area contributed by atoms with Crippen LogP contribution in [0.5, 0.6) is 0 Å². The van der Waals surface area contributed by atoms with Crippen molar-refractivity contribution in [2.24, 2.45) is 0 Å². The maximum Gasteiger partial charge on any atom is 0.134 e. The lowest BCUT2D eigenvalue weighted by atomic mass is 10.2. The second-order valence-corrected chi connectivity index (χ2v) is 4.64. The molecular formula is C14H24N2O. The minimum Gasteiger partial charge on any atom is -0.392 e. The minimum atomic E-state index is 0.0557. The molecule has 17 heavy (non-hydrogen) atoms. The number of rotatable bonds is 7. The van der Waals surface area contributed by atoms with Gasteiger partial charge >= 0.3 is 0 Å². The lowest BCUT2D eigenvalue weighted by Gasteiger charge is -2.29. The SMILES string of the molecule is CCCCCN(c1ncccc1CO)C(C)C. The summed E-state index contributed by atoms with van der Waals surface area (Å²) in [6.45, 7) is 7.61. The molecule has 3 nitrogen and oxygen atoms in total. The maximum absolute atomic E-state index is 9.35. The molecule has 0 bridgehead atoms. The number of aromatic nitrogens is 1. The van der Waals surface area contributed by atoms with Gasteiger partial charge in [0.05, 0.1) is 6.61 Å². The number of aliphatic hydroxyl groups is 1. The summed E-state index contributed by atoms with van der Waals surface area (Å²) in [5.41, 5.74) is 0.915. The molecule has 1 N–H and O–H groups in total. The predicted octanol–water partition coefficient (Wildman–Crippen LogP) is 2.98. The average Bonchev–Trinajstić information content (AvgIpc) is 2.34. The summed E-state index contributed by atoms with van der Waals surface area (Å²) in [7, 11) is 0. The Morgan fingerprint density at radius 2 is 2.12 bits per heavy atom. The summed E-state index contributed by atoms with van der Waals surface area (Å²) in [6.07, 6.45) is 5.44. The Hall–Kier alpha value is -1.09. The van der Waals surface area contributed by atoms with E-state index in [4.69, 9.17) is 0 Å². The van der Waals surface area contributed by atoms with Gasteiger partial charge < -0.3 is 10.0 Å². The van der Waals surface area contributed by atoms with Gasteiger partial charge in [0.15, 0.2) is 0 Å². The van der Waals surface area contributed by atoms with E-state index in [-0.39, 0.29) is 6.61 Å². The maximum atomic E-state index is 9.35. The Morgan fingerprint density at radius 1 is 1.35 bits per heavy atom. The summed E-state index contributed by atoms with van der Waals surface area (Å²) in [6, 6.07) is 4.23. The van der Waals surface area contributed by atoms with Crippen LogP contribution in [0.3, 0.4) is 0 Å². The molecule has 96 valence electrons. The van der Waals surface area contributed by atoms with Gasteiger partial charge in [0.1, 0.15) is 5.82 Å². The van der Waals surface area contributed by atoms with Gasteiger partial charge in [-0.3, -0.25) is 0 Å². The second kappa shape index (κ2) is 7.28. The van der Waals surface area contributed by atoms with E-state index in [1.165, 1.54) is 19.3 Å². The quantitative estimate of drug-likeness (QED) is 0.739. The van der Waals surface area contributed by atoms with Crippen molar-refractivity contribution in [2.45, 2.75) is 52.7 Å². The molecule has 0 unspecified atom stereocenters. The second-order valence-electron chi connectivity index (χ2n) is 4.64. The van der Waals surface area contributed by atoms with Crippen LogP contribution in [0, 0.1) is 0 Å². The molecule has 0 aliphatic heterocycles. The molecule has 0 saturated carbocycles. The first kappa shape index (κ1) is 14.0. The van der Waals surface area contributed by atoms with Crippen molar-refractivity contribution in [1.82, 2.24) is 4.98 Å². The Morgan fingerprint density at radius 3 is 2.71 bits per heavy atom.